The highest BCUT2D eigenvalue weighted by atomic mass is 35.5. The zero-order valence-electron chi connectivity index (χ0n) is 20.5. The first-order chi connectivity index (χ1) is 17.1. The second kappa shape index (κ2) is 9.32. The third kappa shape index (κ3) is 4.35. The Bertz CT molecular complexity index is 1190. The number of hydrogen-bond donors (Lipinski definition) is 1. The molecule has 0 bridgehead atoms. The lowest BCUT2D eigenvalue weighted by Gasteiger charge is -2.43. The lowest BCUT2D eigenvalue weighted by atomic mass is 9.95. The molecule has 9 nitrogen and oxygen atoms in total. The van der Waals surface area contributed by atoms with Crippen molar-refractivity contribution in [2.75, 3.05) is 12.0 Å². The molecule has 3 aliphatic heterocycles. The summed E-state index contributed by atoms with van der Waals surface area (Å²) in [4.78, 5) is 30.0. The Hall–Kier alpha value is -2.69. The topological polar surface area (TPSA) is 97.8 Å². The van der Waals surface area contributed by atoms with E-state index in [0.717, 1.165) is 10.5 Å². The van der Waals surface area contributed by atoms with Crippen molar-refractivity contribution >= 4 is 29.2 Å². The first-order valence-corrected chi connectivity index (χ1v) is 12.2. The van der Waals surface area contributed by atoms with Gasteiger partial charge in [-0.15, -0.1) is 0 Å². The Labute approximate surface area is 214 Å². The highest BCUT2D eigenvalue weighted by Crippen LogP contribution is 2.42. The van der Waals surface area contributed by atoms with E-state index in [1.807, 2.05) is 6.92 Å². The van der Waals surface area contributed by atoms with E-state index < -0.39 is 48.4 Å². The van der Waals surface area contributed by atoms with Gasteiger partial charge in [-0.05, 0) is 44.5 Å². The molecule has 192 valence electrons. The van der Waals surface area contributed by atoms with Crippen LogP contribution < -0.4 is 4.90 Å². The number of carbonyl (C=O) groups is 2. The summed E-state index contributed by atoms with van der Waals surface area (Å²) in [7, 11) is 1.54. The highest BCUT2D eigenvalue weighted by Gasteiger charge is 2.59. The van der Waals surface area contributed by atoms with Crippen LogP contribution in [0.3, 0.4) is 0 Å². The normalized spacial score (nSPS) is 29.6. The van der Waals surface area contributed by atoms with E-state index in [-0.39, 0.29) is 18.7 Å². The van der Waals surface area contributed by atoms with Gasteiger partial charge in [0, 0.05) is 17.7 Å². The number of aromatic hydroxyl groups is 1. The zero-order chi connectivity index (χ0) is 25.8. The van der Waals surface area contributed by atoms with Crippen LogP contribution in [0.15, 0.2) is 42.5 Å². The third-order valence-electron chi connectivity index (χ3n) is 6.89. The van der Waals surface area contributed by atoms with Crippen LogP contribution in [0, 0.1) is 6.92 Å². The van der Waals surface area contributed by atoms with Gasteiger partial charge in [0.25, 0.3) is 0 Å². The Morgan fingerprint density at radius 2 is 1.89 bits per heavy atom. The number of para-hydroxylation sites is 1. The predicted octanol–water partition coefficient (Wildman–Crippen LogP) is 3.97. The number of fused-ring (bicyclic) bond motifs is 1. The van der Waals surface area contributed by atoms with Crippen LogP contribution in [-0.2, 0) is 30.3 Å². The molecule has 3 heterocycles. The molecule has 36 heavy (non-hydrogen) atoms. The maximum absolute atomic E-state index is 13.9. The summed E-state index contributed by atoms with van der Waals surface area (Å²) >= 11 is 6.30. The minimum atomic E-state index is -0.841. The second-order valence-corrected chi connectivity index (χ2v) is 10.2. The number of benzene rings is 2. The Kier molecular flexibility index (Phi) is 6.46. The van der Waals surface area contributed by atoms with Crippen molar-refractivity contribution in [2.24, 2.45) is 0 Å². The Morgan fingerprint density at radius 1 is 1.14 bits per heavy atom. The number of urea groups is 1. The predicted molar refractivity (Wildman–Crippen MR) is 131 cm³/mol. The Balaban J connectivity index is 1.51. The quantitative estimate of drug-likeness (QED) is 0.642. The van der Waals surface area contributed by atoms with E-state index in [1.165, 1.54) is 4.90 Å². The lowest BCUT2D eigenvalue weighted by molar-refractivity contribution is -0.223. The maximum Gasteiger partial charge on any atom is 0.332 e. The van der Waals surface area contributed by atoms with Crippen molar-refractivity contribution in [3.05, 3.63) is 58.6 Å². The lowest BCUT2D eigenvalue weighted by Crippen LogP contribution is -2.62. The molecule has 2 aromatic rings. The molecule has 0 aromatic heterocycles. The Morgan fingerprint density at radius 3 is 2.58 bits per heavy atom. The van der Waals surface area contributed by atoms with Gasteiger partial charge in [-0.2, -0.15) is 0 Å². The molecule has 0 unspecified atom stereocenters. The van der Waals surface area contributed by atoms with Crippen molar-refractivity contribution in [2.45, 2.75) is 70.2 Å². The average molecular weight is 517 g/mol. The fraction of sp³-hybridized carbons (Fsp3) is 0.462. The number of phenolic OH excluding ortho intramolecular Hbond substituents is 1. The van der Waals surface area contributed by atoms with E-state index in [9.17, 15) is 14.7 Å². The van der Waals surface area contributed by atoms with Gasteiger partial charge in [-0.3, -0.25) is 4.79 Å². The molecule has 0 saturated carbocycles. The molecular formula is C26H29ClN2O7. The molecule has 0 aliphatic carbocycles. The summed E-state index contributed by atoms with van der Waals surface area (Å²) in [6, 6.07) is 10.6. The van der Waals surface area contributed by atoms with Gasteiger partial charge in [-0.25, -0.2) is 9.69 Å². The molecule has 5 atom stereocenters. The van der Waals surface area contributed by atoms with Crippen LogP contribution in [0.25, 0.3) is 0 Å². The standard InChI is InChI=1S/C26H29ClN2O7/c1-14-9-10-16(11-17(14)27)29-20(31)12-18(28(25(29)32)13-15-7-5-6-8-19(15)30)21-22(33-4)23-24(34-21)36-26(2,3)35-23/h5-11,18,21-24,30H,12-13H2,1-4H3/t18-,21+,22-,23+,24+/m0/s1. The van der Waals surface area contributed by atoms with Gasteiger partial charge in [0.1, 0.15) is 24.1 Å². The molecule has 3 amide bonds. The van der Waals surface area contributed by atoms with Crippen molar-refractivity contribution in [3.63, 3.8) is 0 Å². The largest absolute Gasteiger partial charge is 0.508 e. The first kappa shape index (κ1) is 25.0. The molecule has 0 spiro atoms. The summed E-state index contributed by atoms with van der Waals surface area (Å²) in [5, 5.41) is 10.9. The zero-order valence-corrected chi connectivity index (χ0v) is 21.3. The number of imide groups is 1. The number of ether oxygens (including phenoxy) is 4. The van der Waals surface area contributed by atoms with E-state index in [4.69, 9.17) is 30.5 Å². The summed E-state index contributed by atoms with van der Waals surface area (Å²) in [5.41, 5.74) is 1.74. The maximum atomic E-state index is 13.9. The van der Waals surface area contributed by atoms with Crippen LogP contribution in [0.1, 0.15) is 31.4 Å². The number of amides is 3. The van der Waals surface area contributed by atoms with Crippen LogP contribution in [-0.4, -0.2) is 65.5 Å². The summed E-state index contributed by atoms with van der Waals surface area (Å²) < 4.78 is 23.9. The average Bonchev–Trinajstić information content (AvgIpc) is 3.30. The molecule has 3 aliphatic rings. The van der Waals surface area contributed by atoms with Gasteiger partial charge in [-0.1, -0.05) is 35.9 Å². The fourth-order valence-corrected chi connectivity index (χ4v) is 5.30. The van der Waals surface area contributed by atoms with Gasteiger partial charge >= 0.3 is 6.03 Å². The molecule has 3 saturated heterocycles. The molecule has 10 heteroatoms. The van der Waals surface area contributed by atoms with Crippen molar-refractivity contribution < 1.29 is 33.6 Å². The van der Waals surface area contributed by atoms with Gasteiger partial charge < -0.3 is 29.0 Å². The van der Waals surface area contributed by atoms with Crippen molar-refractivity contribution in [1.82, 2.24) is 4.90 Å². The number of carbonyl (C=O) groups excluding carboxylic acids is 2. The molecule has 0 radical (unpaired) electrons. The van der Waals surface area contributed by atoms with Gasteiger partial charge in [0.15, 0.2) is 12.1 Å². The van der Waals surface area contributed by atoms with E-state index >= 15 is 0 Å². The number of methoxy groups -OCH3 is 1. The van der Waals surface area contributed by atoms with E-state index in [0.29, 0.717) is 16.3 Å². The number of phenols is 1. The number of nitrogens with zero attached hydrogens (tertiary/aromatic N) is 2. The monoisotopic (exact) mass is 516 g/mol. The third-order valence-corrected chi connectivity index (χ3v) is 7.30. The molecule has 1 N–H and O–H groups in total. The smallest absolute Gasteiger partial charge is 0.332 e. The number of halogens is 1. The molecule has 3 fully saturated rings. The summed E-state index contributed by atoms with van der Waals surface area (Å²) in [6.07, 6.45) is -2.50. The van der Waals surface area contributed by atoms with Gasteiger partial charge in [0.2, 0.25) is 5.91 Å². The molecule has 2 aromatic carbocycles. The van der Waals surface area contributed by atoms with Crippen LogP contribution >= 0.6 is 11.6 Å². The minimum Gasteiger partial charge on any atom is -0.508 e. The van der Waals surface area contributed by atoms with Crippen LogP contribution in [0.4, 0.5) is 10.5 Å². The second-order valence-electron chi connectivity index (χ2n) is 9.74. The minimum absolute atomic E-state index is 0.0296. The highest BCUT2D eigenvalue weighted by molar-refractivity contribution is 6.32. The SMILES string of the molecule is CO[C@@H]1[C@H]2OC(C)(C)O[C@H]2O[C@@H]1[C@@H]1CC(=O)N(c2ccc(C)c(Cl)c2)C(=O)N1Cc1ccccc1O. The van der Waals surface area contributed by atoms with Crippen molar-refractivity contribution in [1.29, 1.82) is 0 Å². The number of rotatable bonds is 5. The molecular weight excluding hydrogens is 488 g/mol. The number of aryl methyl sites for hydroxylation is 1. The van der Waals surface area contributed by atoms with Crippen LogP contribution in [0.2, 0.25) is 5.02 Å². The number of anilines is 1. The summed E-state index contributed by atoms with van der Waals surface area (Å²) in [5.74, 6) is -1.19. The fourth-order valence-electron chi connectivity index (χ4n) is 5.12. The molecule has 5 rings (SSSR count). The van der Waals surface area contributed by atoms with Gasteiger partial charge in [0.05, 0.1) is 24.7 Å². The van der Waals surface area contributed by atoms with E-state index in [2.05, 4.69) is 0 Å². The number of hydrogen-bond acceptors (Lipinski definition) is 7. The summed E-state index contributed by atoms with van der Waals surface area (Å²) in [6.45, 7) is 5.48. The van der Waals surface area contributed by atoms with Crippen molar-refractivity contribution in [3.8, 4) is 5.75 Å². The first-order valence-electron chi connectivity index (χ1n) is 11.8. The van der Waals surface area contributed by atoms with E-state index in [1.54, 1.807) is 63.4 Å². The van der Waals surface area contributed by atoms with Crippen LogP contribution in [0.5, 0.6) is 5.75 Å².